The smallest absolute Gasteiger partial charge is 0.180 e. The van der Waals surface area contributed by atoms with Crippen LogP contribution in [0, 0.1) is 31.1 Å². The van der Waals surface area contributed by atoms with Crippen LogP contribution in [0.1, 0.15) is 0 Å². The van der Waals surface area contributed by atoms with Crippen molar-refractivity contribution in [3.8, 4) is 34.3 Å². The first-order valence-electron chi connectivity index (χ1n) is 7.05. The van der Waals surface area contributed by atoms with Crippen LogP contribution in [0.5, 0.6) is 11.5 Å². The van der Waals surface area contributed by atoms with Crippen molar-refractivity contribution in [2.75, 3.05) is 21.3 Å². The summed E-state index contributed by atoms with van der Waals surface area (Å²) < 4.78 is 0. The first kappa shape index (κ1) is 33.6. The number of hydrogen-bond donors (Lipinski definition) is 4. The maximum absolute atomic E-state index is 11.7. The monoisotopic (exact) mass is 617 g/mol. The first-order chi connectivity index (χ1) is 12.3. The Balaban J connectivity index is -0.000000294. The van der Waals surface area contributed by atoms with Gasteiger partial charge >= 0.3 is 0 Å². The molecule has 0 aliphatic rings. The van der Waals surface area contributed by atoms with E-state index in [1.807, 2.05) is 0 Å². The van der Waals surface area contributed by atoms with E-state index in [0.717, 1.165) is 21.3 Å². The van der Waals surface area contributed by atoms with Crippen LogP contribution in [0.15, 0.2) is 48.5 Å². The molecule has 0 spiro atoms. The Bertz CT molecular complexity index is 682. The zero-order valence-corrected chi connectivity index (χ0v) is 19.7. The second-order valence-electron chi connectivity index (χ2n) is 4.00. The fraction of sp³-hybridized carbons (Fsp3) is 0.176. The maximum Gasteiger partial charge on any atom is 0.180 e. The van der Waals surface area contributed by atoms with Gasteiger partial charge in [0.25, 0.3) is 0 Å². The van der Waals surface area contributed by atoms with Gasteiger partial charge in [-0.25, -0.2) is 4.98 Å². The Morgan fingerprint density at radius 1 is 0.714 bits per heavy atom. The van der Waals surface area contributed by atoms with E-state index in [9.17, 15) is 10.2 Å². The van der Waals surface area contributed by atoms with Gasteiger partial charge in [-0.1, -0.05) is 60.0 Å². The van der Waals surface area contributed by atoms with E-state index in [1.54, 1.807) is 36.4 Å². The molecule has 0 aliphatic heterocycles. The van der Waals surface area contributed by atoms with Crippen molar-refractivity contribution in [3.63, 3.8) is 0 Å². The van der Waals surface area contributed by atoms with Crippen LogP contribution in [0.25, 0.3) is 22.8 Å². The summed E-state index contributed by atoms with van der Waals surface area (Å²) in [5.41, 5.74) is 0.845. The minimum atomic E-state index is -0.150. The fourth-order valence-corrected chi connectivity index (χ4v) is 1.82. The average Bonchev–Trinajstić information content (AvgIpc) is 3.17. The van der Waals surface area contributed by atoms with Gasteiger partial charge in [-0.2, -0.15) is 5.10 Å². The molecule has 156 valence electrons. The number of H-pyrrole nitrogens is 1. The number of nitrogens with zero attached hydrogens (tertiary/aromatic N) is 2. The number of aromatic nitrogens is 3. The van der Waals surface area contributed by atoms with Gasteiger partial charge in [0.2, 0.25) is 0 Å². The molecule has 4 N–H and O–H groups in total. The standard InChI is InChI=1S/C14H11N3O2.3CH4O.2O.U/c18-11-7-3-1-5-9(11)13-15-14(17-16-13)10-6-2-4-8-12(10)19;3*1-2;;;/h1-8,18-19H,(H,15,16,17);3*2H,1H3;;;/q;;;;2*-2;/p-2. The van der Waals surface area contributed by atoms with Gasteiger partial charge < -0.3 is 36.5 Å². The van der Waals surface area contributed by atoms with Gasteiger partial charge in [0.05, 0.1) is 0 Å². The molecule has 0 amide bonds. The zero-order chi connectivity index (χ0) is 19.2. The van der Waals surface area contributed by atoms with Crippen molar-refractivity contribution >= 4 is 0 Å². The van der Waals surface area contributed by atoms with Crippen LogP contribution < -0.4 is 10.2 Å². The summed E-state index contributed by atoms with van der Waals surface area (Å²) in [4.78, 5) is 4.21. The predicted octanol–water partition coefficient (Wildman–Crippen LogP) is -0.126. The van der Waals surface area contributed by atoms with E-state index in [0.29, 0.717) is 22.8 Å². The van der Waals surface area contributed by atoms with Crippen LogP contribution in [0.2, 0.25) is 0 Å². The summed E-state index contributed by atoms with van der Waals surface area (Å²) in [7, 11) is 3.00. The topological polar surface area (TPSA) is 205 Å². The summed E-state index contributed by atoms with van der Waals surface area (Å²) in [6.45, 7) is 0. The van der Waals surface area contributed by atoms with Gasteiger partial charge in [-0.05, 0) is 0 Å². The summed E-state index contributed by atoms with van der Waals surface area (Å²) in [6.07, 6.45) is 0. The molecule has 0 saturated carbocycles. The van der Waals surface area contributed by atoms with Gasteiger partial charge in [0, 0.05) is 63.6 Å². The van der Waals surface area contributed by atoms with Gasteiger partial charge in [0.1, 0.15) is 0 Å². The van der Waals surface area contributed by atoms with Crippen LogP contribution >= 0.6 is 0 Å². The minimum Gasteiger partial charge on any atom is -2.00 e. The Kier molecular flexibility index (Phi) is 23.7. The van der Waals surface area contributed by atoms with Crippen molar-refractivity contribution in [2.24, 2.45) is 0 Å². The summed E-state index contributed by atoms with van der Waals surface area (Å²) in [5, 5.41) is 51.0. The Morgan fingerprint density at radius 2 is 1.11 bits per heavy atom. The van der Waals surface area contributed by atoms with Crippen molar-refractivity contribution in [3.05, 3.63) is 48.5 Å². The predicted molar refractivity (Wildman–Crippen MR) is 91.9 cm³/mol. The number of rotatable bonds is 2. The molecule has 1 heterocycles. The molecule has 0 unspecified atom stereocenters. The van der Waals surface area contributed by atoms with E-state index in [2.05, 4.69) is 15.2 Å². The third-order valence-corrected chi connectivity index (χ3v) is 2.76. The summed E-state index contributed by atoms with van der Waals surface area (Å²) in [6, 6.07) is 13.0. The fourth-order valence-electron chi connectivity index (χ4n) is 1.82. The SMILES string of the molecule is CO.CO.CO.[O-2].[O-2].[O-]c1ccccc1-c1n[nH]c(-c2ccccc2[O-])n1.[U]. The summed E-state index contributed by atoms with van der Waals surface area (Å²) in [5.74, 6) is 0.372. The molecular formula is C17H21N3O7U-6. The molecule has 10 nitrogen and oxygen atoms in total. The van der Waals surface area contributed by atoms with Crippen LogP contribution in [-0.2, 0) is 11.0 Å². The van der Waals surface area contributed by atoms with Crippen molar-refractivity contribution in [1.82, 2.24) is 15.2 Å². The number of aliphatic hydroxyl groups excluding tert-OH is 3. The molecule has 28 heavy (non-hydrogen) atoms. The third-order valence-electron chi connectivity index (χ3n) is 2.76. The average molecular weight is 617 g/mol. The number of benzene rings is 2. The van der Waals surface area contributed by atoms with Crippen molar-refractivity contribution < 1.29 is 67.6 Å². The maximum atomic E-state index is 11.7. The molecule has 3 rings (SSSR count). The van der Waals surface area contributed by atoms with E-state index >= 15 is 0 Å². The molecule has 0 atom stereocenters. The van der Waals surface area contributed by atoms with Crippen LogP contribution in [0.3, 0.4) is 0 Å². The summed E-state index contributed by atoms with van der Waals surface area (Å²) >= 11 is 0. The second kappa shape index (κ2) is 19.8. The molecule has 0 saturated heterocycles. The minimum absolute atomic E-state index is 0. The van der Waals surface area contributed by atoms with E-state index in [-0.39, 0.29) is 53.6 Å². The van der Waals surface area contributed by atoms with E-state index in [4.69, 9.17) is 15.3 Å². The van der Waals surface area contributed by atoms with Crippen molar-refractivity contribution in [1.29, 1.82) is 0 Å². The second-order valence-corrected chi connectivity index (χ2v) is 4.00. The molecule has 2 aromatic carbocycles. The Labute approximate surface area is 186 Å². The molecule has 1 aromatic heterocycles. The van der Waals surface area contributed by atoms with Crippen LogP contribution in [-0.4, -0.2) is 51.8 Å². The Hall–Kier alpha value is -1.97. The molecule has 0 aliphatic carbocycles. The zero-order valence-electron chi connectivity index (χ0n) is 15.5. The molecule has 0 bridgehead atoms. The van der Waals surface area contributed by atoms with Gasteiger partial charge in [-0.15, -0.1) is 0 Å². The number of hydrogen-bond acceptors (Lipinski definition) is 7. The quantitative estimate of drug-likeness (QED) is 0.306. The largest absolute Gasteiger partial charge is 2.00 e. The number of aromatic amines is 1. The molecule has 3 aromatic rings. The van der Waals surface area contributed by atoms with E-state index < -0.39 is 0 Å². The normalized spacial score (nSPS) is 7.79. The number of aliphatic hydroxyl groups is 3. The van der Waals surface area contributed by atoms with Gasteiger partial charge in [-0.3, -0.25) is 5.10 Å². The number of nitrogens with one attached hydrogen (secondary N) is 1. The van der Waals surface area contributed by atoms with Crippen molar-refractivity contribution in [2.45, 2.75) is 0 Å². The van der Waals surface area contributed by atoms with Crippen LogP contribution in [0.4, 0.5) is 0 Å². The molecular weight excluding hydrogens is 596 g/mol. The Morgan fingerprint density at radius 3 is 1.54 bits per heavy atom. The third kappa shape index (κ3) is 9.30. The number of para-hydroxylation sites is 2. The molecule has 0 radical (unpaired) electrons. The van der Waals surface area contributed by atoms with E-state index in [1.165, 1.54) is 12.1 Å². The van der Waals surface area contributed by atoms with Gasteiger partial charge in [0.15, 0.2) is 11.6 Å². The molecule has 11 heteroatoms. The molecule has 0 fully saturated rings. The first-order valence-corrected chi connectivity index (χ1v) is 7.05.